The maximum Gasteiger partial charge on any atom is 0.227 e. The number of hydrogen-bond acceptors (Lipinski definition) is 7. The van der Waals surface area contributed by atoms with Crippen molar-refractivity contribution in [1.29, 1.82) is 0 Å². The zero-order valence-corrected chi connectivity index (χ0v) is 18.3. The minimum atomic E-state index is 0.545. The highest BCUT2D eigenvalue weighted by Crippen LogP contribution is 2.25. The molecule has 0 fully saturated rings. The van der Waals surface area contributed by atoms with Crippen molar-refractivity contribution in [2.24, 2.45) is 0 Å². The predicted octanol–water partition coefficient (Wildman–Crippen LogP) is 4.48. The fraction of sp³-hybridized carbons (Fsp3) is 0.160. The summed E-state index contributed by atoms with van der Waals surface area (Å²) < 4.78 is 12.8. The molecule has 2 aromatic carbocycles. The van der Waals surface area contributed by atoms with E-state index in [1.165, 1.54) is 5.56 Å². The molecule has 0 saturated heterocycles. The number of rotatable bonds is 7. The van der Waals surface area contributed by atoms with E-state index in [9.17, 15) is 0 Å². The van der Waals surface area contributed by atoms with Gasteiger partial charge >= 0.3 is 0 Å². The normalized spacial score (nSPS) is 11.0. The third-order valence-corrected chi connectivity index (χ3v) is 5.34. The Morgan fingerprint density at radius 3 is 2.33 bits per heavy atom. The number of aromatic nitrogens is 6. The molecule has 8 nitrogen and oxygen atoms in total. The summed E-state index contributed by atoms with van der Waals surface area (Å²) in [5, 5.41) is 13.1. The molecule has 8 heteroatoms. The van der Waals surface area contributed by atoms with Crippen LogP contribution in [-0.2, 0) is 12.8 Å². The van der Waals surface area contributed by atoms with E-state index < -0.39 is 0 Å². The highest BCUT2D eigenvalue weighted by Gasteiger charge is 2.17. The van der Waals surface area contributed by atoms with Gasteiger partial charge in [0.25, 0.3) is 0 Å². The molecular weight excluding hydrogens is 416 g/mol. The standard InChI is InChI=1S/C25H22N6O2/c1-17-3-5-18(6-4-17)24-27-23(33-30-24)12-11-22-28-29-25(19-13-15-26-16-14-19)31(22)20-7-9-21(32-2)10-8-20/h3-10,13-16H,11-12H2,1-2H3. The second kappa shape index (κ2) is 9.04. The van der Waals surface area contributed by atoms with Crippen LogP contribution in [0.3, 0.4) is 0 Å². The van der Waals surface area contributed by atoms with Gasteiger partial charge in [-0.15, -0.1) is 10.2 Å². The molecule has 5 rings (SSSR count). The lowest BCUT2D eigenvalue weighted by Crippen LogP contribution is -2.05. The number of benzene rings is 2. The fourth-order valence-electron chi connectivity index (χ4n) is 3.56. The van der Waals surface area contributed by atoms with Crippen molar-refractivity contribution in [1.82, 2.24) is 29.9 Å². The van der Waals surface area contributed by atoms with Crippen LogP contribution in [0.5, 0.6) is 5.75 Å². The zero-order valence-electron chi connectivity index (χ0n) is 18.3. The van der Waals surface area contributed by atoms with Crippen molar-refractivity contribution in [3.8, 4) is 34.2 Å². The molecule has 0 radical (unpaired) electrons. The second-order valence-electron chi connectivity index (χ2n) is 7.59. The molecule has 0 amide bonds. The van der Waals surface area contributed by atoms with Gasteiger partial charge in [0.2, 0.25) is 11.7 Å². The van der Waals surface area contributed by atoms with Crippen molar-refractivity contribution in [2.75, 3.05) is 7.11 Å². The number of hydrogen-bond donors (Lipinski definition) is 0. The molecule has 0 bridgehead atoms. The molecule has 164 valence electrons. The summed E-state index contributed by atoms with van der Waals surface area (Å²) >= 11 is 0. The van der Waals surface area contributed by atoms with E-state index in [1.807, 2.05) is 72.2 Å². The largest absolute Gasteiger partial charge is 0.497 e. The molecule has 33 heavy (non-hydrogen) atoms. The van der Waals surface area contributed by atoms with Gasteiger partial charge in [-0.1, -0.05) is 35.0 Å². The van der Waals surface area contributed by atoms with Gasteiger partial charge in [0.05, 0.1) is 7.11 Å². The maximum absolute atomic E-state index is 5.49. The van der Waals surface area contributed by atoms with Gasteiger partial charge in [-0.2, -0.15) is 4.98 Å². The van der Waals surface area contributed by atoms with Crippen LogP contribution in [-0.4, -0.2) is 37.0 Å². The van der Waals surface area contributed by atoms with Gasteiger partial charge in [-0.05, 0) is 43.3 Å². The summed E-state index contributed by atoms with van der Waals surface area (Å²) in [5.74, 6) is 3.46. The van der Waals surface area contributed by atoms with Crippen LogP contribution in [0.25, 0.3) is 28.5 Å². The van der Waals surface area contributed by atoms with E-state index in [2.05, 4.69) is 25.3 Å². The van der Waals surface area contributed by atoms with Crippen molar-refractivity contribution < 1.29 is 9.26 Å². The van der Waals surface area contributed by atoms with Crippen LogP contribution >= 0.6 is 0 Å². The number of methoxy groups -OCH3 is 1. The van der Waals surface area contributed by atoms with Crippen LogP contribution in [0.1, 0.15) is 17.3 Å². The van der Waals surface area contributed by atoms with Crippen LogP contribution in [0, 0.1) is 6.92 Å². The Bertz CT molecular complexity index is 1340. The minimum Gasteiger partial charge on any atom is -0.497 e. The molecule has 0 atom stereocenters. The molecule has 3 aromatic heterocycles. The highest BCUT2D eigenvalue weighted by atomic mass is 16.5. The average molecular weight is 438 g/mol. The summed E-state index contributed by atoms with van der Waals surface area (Å²) in [4.78, 5) is 8.66. The van der Waals surface area contributed by atoms with E-state index in [0.29, 0.717) is 24.6 Å². The fourth-order valence-corrected chi connectivity index (χ4v) is 3.56. The Kier molecular flexibility index (Phi) is 5.63. The number of ether oxygens (including phenoxy) is 1. The number of nitrogens with zero attached hydrogens (tertiary/aromatic N) is 6. The number of aryl methyl sites for hydroxylation is 3. The molecule has 3 heterocycles. The average Bonchev–Trinajstić information content (AvgIpc) is 3.51. The molecule has 0 aliphatic heterocycles. The Labute approximate surface area is 190 Å². The lowest BCUT2D eigenvalue weighted by molar-refractivity contribution is 0.378. The van der Waals surface area contributed by atoms with Crippen molar-refractivity contribution in [2.45, 2.75) is 19.8 Å². The van der Waals surface area contributed by atoms with E-state index in [-0.39, 0.29) is 0 Å². The smallest absolute Gasteiger partial charge is 0.227 e. The highest BCUT2D eigenvalue weighted by molar-refractivity contribution is 5.58. The van der Waals surface area contributed by atoms with Gasteiger partial charge in [-0.25, -0.2) is 0 Å². The Morgan fingerprint density at radius 2 is 1.61 bits per heavy atom. The lowest BCUT2D eigenvalue weighted by atomic mass is 10.1. The van der Waals surface area contributed by atoms with Crippen molar-refractivity contribution in [3.63, 3.8) is 0 Å². The first-order valence-electron chi connectivity index (χ1n) is 10.6. The Hall–Kier alpha value is -4.33. The van der Waals surface area contributed by atoms with Gasteiger partial charge in [0.15, 0.2) is 5.82 Å². The summed E-state index contributed by atoms with van der Waals surface area (Å²) in [7, 11) is 1.65. The molecule has 0 aliphatic carbocycles. The van der Waals surface area contributed by atoms with E-state index in [4.69, 9.17) is 9.26 Å². The lowest BCUT2D eigenvalue weighted by Gasteiger charge is -2.11. The molecule has 0 spiro atoms. The summed E-state index contributed by atoms with van der Waals surface area (Å²) in [6, 6.07) is 19.7. The first kappa shape index (κ1) is 20.6. The van der Waals surface area contributed by atoms with E-state index in [0.717, 1.165) is 34.2 Å². The van der Waals surface area contributed by atoms with Crippen molar-refractivity contribution >= 4 is 0 Å². The monoisotopic (exact) mass is 438 g/mol. The molecule has 0 N–H and O–H groups in total. The molecule has 0 aliphatic rings. The third kappa shape index (κ3) is 4.36. The summed E-state index contributed by atoms with van der Waals surface area (Å²) in [6.45, 7) is 2.05. The number of pyridine rings is 1. The second-order valence-corrected chi connectivity index (χ2v) is 7.59. The summed E-state index contributed by atoms with van der Waals surface area (Å²) in [5.41, 5.74) is 3.98. The third-order valence-electron chi connectivity index (χ3n) is 5.34. The molecule has 0 saturated carbocycles. The van der Waals surface area contributed by atoms with Crippen LogP contribution in [0.15, 0.2) is 77.6 Å². The van der Waals surface area contributed by atoms with E-state index >= 15 is 0 Å². The van der Waals surface area contributed by atoms with Gasteiger partial charge in [-0.3, -0.25) is 9.55 Å². The van der Waals surface area contributed by atoms with Gasteiger partial charge < -0.3 is 9.26 Å². The SMILES string of the molecule is COc1ccc(-n2c(CCc3nc(-c4ccc(C)cc4)no3)nnc2-c2ccncc2)cc1. The van der Waals surface area contributed by atoms with E-state index in [1.54, 1.807) is 19.5 Å². The first-order valence-corrected chi connectivity index (χ1v) is 10.6. The predicted molar refractivity (Wildman–Crippen MR) is 123 cm³/mol. The van der Waals surface area contributed by atoms with Crippen LogP contribution in [0.4, 0.5) is 0 Å². The topological polar surface area (TPSA) is 91.8 Å². The van der Waals surface area contributed by atoms with Crippen LogP contribution < -0.4 is 4.74 Å². The summed E-state index contributed by atoms with van der Waals surface area (Å²) in [6.07, 6.45) is 4.61. The molecule has 0 unspecified atom stereocenters. The maximum atomic E-state index is 5.49. The molecular formula is C25H22N6O2. The first-order chi connectivity index (χ1) is 16.2. The zero-order chi connectivity index (χ0) is 22.6. The van der Waals surface area contributed by atoms with Gasteiger partial charge in [0, 0.05) is 42.0 Å². The van der Waals surface area contributed by atoms with Crippen LogP contribution in [0.2, 0.25) is 0 Å². The minimum absolute atomic E-state index is 0.545. The Morgan fingerprint density at radius 1 is 0.848 bits per heavy atom. The van der Waals surface area contributed by atoms with Crippen molar-refractivity contribution in [3.05, 3.63) is 90.3 Å². The quantitative estimate of drug-likeness (QED) is 0.370. The molecule has 5 aromatic rings. The van der Waals surface area contributed by atoms with Gasteiger partial charge in [0.1, 0.15) is 11.6 Å². The Balaban J connectivity index is 1.43.